The molecule has 0 unspecified atom stereocenters. The molecule has 0 atom stereocenters. The molecule has 0 heterocycles. The summed E-state index contributed by atoms with van der Waals surface area (Å²) >= 11 is 4.85. The number of benzene rings is 2. The van der Waals surface area contributed by atoms with Gasteiger partial charge >= 0.3 is 0 Å². The smallest absolute Gasteiger partial charge is 0.138 e. The molecule has 2 N–H and O–H groups in total. The minimum atomic E-state index is -0.334. The molecule has 0 spiro atoms. The van der Waals surface area contributed by atoms with E-state index >= 15 is 0 Å². The Labute approximate surface area is 124 Å². The second-order valence-corrected chi connectivity index (χ2v) is 5.27. The predicted molar refractivity (Wildman–Crippen MR) is 85.6 cm³/mol. The van der Waals surface area contributed by atoms with Crippen molar-refractivity contribution in [2.24, 2.45) is 5.73 Å². The molecular formula is C16H17FN2S. The van der Waals surface area contributed by atoms with Crippen LogP contribution in [0.25, 0.3) is 0 Å². The first kappa shape index (κ1) is 14.5. The van der Waals surface area contributed by atoms with Crippen LogP contribution in [0.1, 0.15) is 16.7 Å². The van der Waals surface area contributed by atoms with E-state index in [2.05, 4.69) is 0 Å². The molecule has 2 rings (SSSR count). The fraction of sp³-hybridized carbons (Fsp3) is 0.188. The fourth-order valence-electron chi connectivity index (χ4n) is 2.04. The van der Waals surface area contributed by atoms with Crippen LogP contribution in [0.3, 0.4) is 0 Å². The number of nitrogens with two attached hydrogens (primary N) is 1. The number of anilines is 1. The van der Waals surface area contributed by atoms with Crippen molar-refractivity contribution in [2.75, 3.05) is 11.9 Å². The molecule has 4 heteroatoms. The van der Waals surface area contributed by atoms with Crippen LogP contribution in [0, 0.1) is 12.7 Å². The zero-order valence-electron chi connectivity index (χ0n) is 11.6. The molecule has 0 saturated heterocycles. The highest BCUT2D eigenvalue weighted by atomic mass is 32.1. The van der Waals surface area contributed by atoms with Crippen LogP contribution in [0.5, 0.6) is 0 Å². The van der Waals surface area contributed by atoms with Gasteiger partial charge in [-0.3, -0.25) is 0 Å². The number of thiocarbonyl (C=S) groups is 1. The second-order valence-electron chi connectivity index (χ2n) is 4.83. The number of aryl methyl sites for hydroxylation is 1. The van der Waals surface area contributed by atoms with E-state index in [0.717, 1.165) is 5.69 Å². The first-order valence-electron chi connectivity index (χ1n) is 6.34. The molecule has 0 saturated carbocycles. The normalized spacial score (nSPS) is 10.3. The SMILES string of the molecule is Cc1ccc(N(C)Cc2cccc(C(N)=S)c2F)cc1. The maximum Gasteiger partial charge on any atom is 0.138 e. The highest BCUT2D eigenvalue weighted by molar-refractivity contribution is 7.80. The van der Waals surface area contributed by atoms with Crippen LogP contribution in [-0.2, 0) is 6.54 Å². The van der Waals surface area contributed by atoms with E-state index < -0.39 is 0 Å². The van der Waals surface area contributed by atoms with Gasteiger partial charge in [-0.05, 0) is 25.1 Å². The number of rotatable bonds is 4. The summed E-state index contributed by atoms with van der Waals surface area (Å²) in [6.07, 6.45) is 0. The summed E-state index contributed by atoms with van der Waals surface area (Å²) in [4.78, 5) is 2.07. The highest BCUT2D eigenvalue weighted by Gasteiger charge is 2.11. The van der Waals surface area contributed by atoms with Crippen LogP contribution < -0.4 is 10.6 Å². The van der Waals surface area contributed by atoms with E-state index in [-0.39, 0.29) is 10.8 Å². The van der Waals surface area contributed by atoms with Gasteiger partial charge in [0.05, 0.1) is 0 Å². The van der Waals surface area contributed by atoms with Crippen LogP contribution >= 0.6 is 12.2 Å². The van der Waals surface area contributed by atoms with Crippen molar-refractivity contribution in [3.63, 3.8) is 0 Å². The van der Waals surface area contributed by atoms with Gasteiger partial charge in [0, 0.05) is 30.4 Å². The van der Waals surface area contributed by atoms with Gasteiger partial charge in [-0.15, -0.1) is 0 Å². The molecule has 104 valence electrons. The van der Waals surface area contributed by atoms with E-state index in [1.54, 1.807) is 18.2 Å². The molecule has 0 aliphatic heterocycles. The first-order valence-corrected chi connectivity index (χ1v) is 6.75. The number of hydrogen-bond acceptors (Lipinski definition) is 2. The van der Waals surface area contributed by atoms with Crippen molar-refractivity contribution in [2.45, 2.75) is 13.5 Å². The van der Waals surface area contributed by atoms with E-state index in [4.69, 9.17) is 18.0 Å². The molecule has 2 aromatic rings. The van der Waals surface area contributed by atoms with Crippen molar-refractivity contribution in [1.29, 1.82) is 0 Å². The third kappa shape index (κ3) is 3.14. The number of nitrogens with zero attached hydrogens (tertiary/aromatic N) is 1. The summed E-state index contributed by atoms with van der Waals surface area (Å²) in [5.41, 5.74) is 8.64. The third-order valence-corrected chi connectivity index (χ3v) is 3.45. The molecule has 0 amide bonds. The lowest BCUT2D eigenvalue weighted by Gasteiger charge is -2.20. The predicted octanol–water partition coefficient (Wildman–Crippen LogP) is 3.40. The molecule has 0 fully saturated rings. The lowest BCUT2D eigenvalue weighted by molar-refractivity contribution is 0.605. The molecule has 20 heavy (non-hydrogen) atoms. The maximum absolute atomic E-state index is 14.3. The topological polar surface area (TPSA) is 29.3 Å². The Hall–Kier alpha value is -1.94. The zero-order valence-corrected chi connectivity index (χ0v) is 12.4. The first-order chi connectivity index (χ1) is 9.49. The molecule has 2 aromatic carbocycles. The summed E-state index contributed by atoms with van der Waals surface area (Å²) in [5, 5.41) is 0. The van der Waals surface area contributed by atoms with Gasteiger partial charge in [-0.25, -0.2) is 4.39 Å². The van der Waals surface area contributed by atoms with Crippen LogP contribution in [-0.4, -0.2) is 12.0 Å². The zero-order chi connectivity index (χ0) is 14.7. The van der Waals surface area contributed by atoms with Gasteiger partial charge in [-0.2, -0.15) is 0 Å². The van der Waals surface area contributed by atoms with Crippen molar-refractivity contribution < 1.29 is 4.39 Å². The largest absolute Gasteiger partial charge is 0.389 e. The molecule has 2 nitrogen and oxygen atoms in total. The Kier molecular flexibility index (Phi) is 4.35. The molecule has 0 aliphatic rings. The van der Waals surface area contributed by atoms with Gasteiger partial charge in [0.1, 0.15) is 10.8 Å². The average molecular weight is 288 g/mol. The van der Waals surface area contributed by atoms with E-state index in [1.165, 1.54) is 5.56 Å². The van der Waals surface area contributed by atoms with Crippen LogP contribution in [0.15, 0.2) is 42.5 Å². The summed E-state index contributed by atoms with van der Waals surface area (Å²) < 4.78 is 14.3. The number of halogens is 1. The van der Waals surface area contributed by atoms with E-state index in [9.17, 15) is 4.39 Å². The van der Waals surface area contributed by atoms with Crippen molar-refractivity contribution >= 4 is 22.9 Å². The van der Waals surface area contributed by atoms with Crippen molar-refractivity contribution in [3.8, 4) is 0 Å². The van der Waals surface area contributed by atoms with E-state index in [1.807, 2.05) is 43.1 Å². The van der Waals surface area contributed by atoms with E-state index in [0.29, 0.717) is 17.7 Å². The average Bonchev–Trinajstić information content (AvgIpc) is 2.41. The van der Waals surface area contributed by atoms with Crippen LogP contribution in [0.4, 0.5) is 10.1 Å². The minimum Gasteiger partial charge on any atom is -0.389 e. The van der Waals surface area contributed by atoms with Gasteiger partial charge in [0.2, 0.25) is 0 Å². The quantitative estimate of drug-likeness (QED) is 0.874. The highest BCUT2D eigenvalue weighted by Crippen LogP contribution is 2.19. The van der Waals surface area contributed by atoms with Gasteiger partial charge < -0.3 is 10.6 Å². The Morgan fingerprint density at radius 1 is 1.20 bits per heavy atom. The summed E-state index contributed by atoms with van der Waals surface area (Å²) in [6, 6.07) is 13.2. The third-order valence-electron chi connectivity index (χ3n) is 3.23. The summed E-state index contributed by atoms with van der Waals surface area (Å²) in [5.74, 6) is -0.334. The van der Waals surface area contributed by atoms with Gasteiger partial charge in [-0.1, -0.05) is 42.0 Å². The Morgan fingerprint density at radius 2 is 1.85 bits per heavy atom. The lowest BCUT2D eigenvalue weighted by Crippen LogP contribution is -2.19. The Morgan fingerprint density at radius 3 is 2.45 bits per heavy atom. The van der Waals surface area contributed by atoms with Crippen molar-refractivity contribution in [1.82, 2.24) is 0 Å². The number of hydrogen-bond donors (Lipinski definition) is 1. The maximum atomic E-state index is 14.3. The van der Waals surface area contributed by atoms with Gasteiger partial charge in [0.25, 0.3) is 0 Å². The monoisotopic (exact) mass is 288 g/mol. The summed E-state index contributed by atoms with van der Waals surface area (Å²) in [6.45, 7) is 2.50. The molecule has 0 radical (unpaired) electrons. The van der Waals surface area contributed by atoms with Gasteiger partial charge in [0.15, 0.2) is 0 Å². The minimum absolute atomic E-state index is 0.0855. The Balaban J connectivity index is 2.23. The summed E-state index contributed by atoms with van der Waals surface area (Å²) in [7, 11) is 1.93. The molecular weight excluding hydrogens is 271 g/mol. The van der Waals surface area contributed by atoms with Crippen LogP contribution in [0.2, 0.25) is 0 Å². The molecule has 0 aromatic heterocycles. The fourth-order valence-corrected chi connectivity index (χ4v) is 2.20. The van der Waals surface area contributed by atoms with Crippen molar-refractivity contribution in [3.05, 3.63) is 65.0 Å². The second kappa shape index (κ2) is 6.01. The molecule has 0 bridgehead atoms. The lowest BCUT2D eigenvalue weighted by atomic mass is 10.1. The standard InChI is InChI=1S/C16H17FN2S/c1-11-6-8-13(9-7-11)19(2)10-12-4-3-5-14(15(12)17)16(18)20/h3-9H,10H2,1-2H3,(H2,18,20). The Bertz CT molecular complexity index is 623. The molecule has 0 aliphatic carbocycles.